The first-order chi connectivity index (χ1) is 9.29. The largest absolute Gasteiger partial charge is 0.491 e. The zero-order valence-corrected chi connectivity index (χ0v) is 11.6. The third-order valence-corrected chi connectivity index (χ3v) is 3.32. The highest BCUT2D eigenvalue weighted by Gasteiger charge is 2.11. The van der Waals surface area contributed by atoms with Crippen LogP contribution in [-0.2, 0) is 0 Å². The Balaban J connectivity index is 1.94. The van der Waals surface area contributed by atoms with Crippen molar-refractivity contribution in [2.75, 3.05) is 32.8 Å². The summed E-state index contributed by atoms with van der Waals surface area (Å²) in [5, 5.41) is 0. The van der Waals surface area contributed by atoms with Crippen LogP contribution in [0.3, 0.4) is 0 Å². The van der Waals surface area contributed by atoms with Gasteiger partial charge in [0, 0.05) is 6.54 Å². The Morgan fingerprint density at radius 1 is 1.32 bits per heavy atom. The average Bonchev–Trinajstić information content (AvgIpc) is 2.91. The zero-order chi connectivity index (χ0) is 13.5. The van der Waals surface area contributed by atoms with Crippen LogP contribution in [0.1, 0.15) is 24.0 Å². The van der Waals surface area contributed by atoms with Gasteiger partial charge in [-0.1, -0.05) is 17.9 Å². The van der Waals surface area contributed by atoms with Crippen LogP contribution in [0.5, 0.6) is 5.75 Å². The van der Waals surface area contributed by atoms with E-state index in [9.17, 15) is 0 Å². The molecule has 1 fully saturated rings. The lowest BCUT2D eigenvalue weighted by molar-refractivity contribution is 0.237. The molecule has 2 N–H and O–H groups in total. The number of rotatable bonds is 4. The highest BCUT2D eigenvalue weighted by Crippen LogP contribution is 2.19. The van der Waals surface area contributed by atoms with Crippen LogP contribution in [0.25, 0.3) is 0 Å². The summed E-state index contributed by atoms with van der Waals surface area (Å²) < 4.78 is 5.87. The molecule has 19 heavy (non-hydrogen) atoms. The molecule has 0 bridgehead atoms. The van der Waals surface area contributed by atoms with Gasteiger partial charge >= 0.3 is 0 Å². The number of hydrogen-bond donors (Lipinski definition) is 1. The van der Waals surface area contributed by atoms with Gasteiger partial charge in [0.2, 0.25) is 0 Å². The van der Waals surface area contributed by atoms with Gasteiger partial charge in [0.05, 0.1) is 12.1 Å². The second-order valence-electron chi connectivity index (χ2n) is 4.90. The maximum absolute atomic E-state index is 5.87. The lowest BCUT2D eigenvalue weighted by atomic mass is 10.1. The molecule has 1 aromatic carbocycles. The highest BCUT2D eigenvalue weighted by molar-refractivity contribution is 5.48. The fourth-order valence-electron chi connectivity index (χ4n) is 2.30. The van der Waals surface area contributed by atoms with Crippen molar-refractivity contribution in [1.29, 1.82) is 0 Å². The Labute approximate surface area is 115 Å². The van der Waals surface area contributed by atoms with Crippen LogP contribution in [0.2, 0.25) is 0 Å². The first-order valence-electron chi connectivity index (χ1n) is 6.94. The van der Waals surface area contributed by atoms with Gasteiger partial charge in [-0.15, -0.1) is 0 Å². The monoisotopic (exact) mass is 258 g/mol. The Kier molecular flexibility index (Phi) is 5.26. The molecule has 1 saturated heterocycles. The Morgan fingerprint density at radius 2 is 2.11 bits per heavy atom. The topological polar surface area (TPSA) is 38.5 Å². The van der Waals surface area contributed by atoms with Crippen molar-refractivity contribution >= 4 is 0 Å². The van der Waals surface area contributed by atoms with E-state index in [0.29, 0.717) is 6.54 Å². The van der Waals surface area contributed by atoms with Crippen molar-refractivity contribution in [2.45, 2.75) is 19.8 Å². The van der Waals surface area contributed by atoms with Gasteiger partial charge in [-0.05, 0) is 50.6 Å². The molecule has 0 aliphatic carbocycles. The molecule has 0 spiro atoms. The van der Waals surface area contributed by atoms with Crippen molar-refractivity contribution in [1.82, 2.24) is 4.90 Å². The number of likely N-dealkylation sites (tertiary alicyclic amines) is 1. The van der Waals surface area contributed by atoms with Gasteiger partial charge < -0.3 is 10.5 Å². The number of benzene rings is 1. The number of aryl methyl sites for hydroxylation is 1. The summed E-state index contributed by atoms with van der Waals surface area (Å²) >= 11 is 0. The summed E-state index contributed by atoms with van der Waals surface area (Å²) in [6, 6.07) is 6.10. The standard InChI is InChI=1S/C16H22N2O/c1-14-6-7-16(15(13-14)5-4-8-17)19-12-11-18-9-2-3-10-18/h6-7,13H,2-3,8-12,17H2,1H3. The van der Waals surface area contributed by atoms with E-state index in [2.05, 4.69) is 29.7 Å². The maximum atomic E-state index is 5.87. The summed E-state index contributed by atoms with van der Waals surface area (Å²) in [7, 11) is 0. The molecule has 102 valence electrons. The summed E-state index contributed by atoms with van der Waals surface area (Å²) in [5.74, 6) is 6.84. The van der Waals surface area contributed by atoms with E-state index in [1.165, 1.54) is 31.5 Å². The van der Waals surface area contributed by atoms with E-state index < -0.39 is 0 Å². The summed E-state index contributed by atoms with van der Waals surface area (Å²) in [6.07, 6.45) is 2.63. The Bertz CT molecular complexity index is 467. The van der Waals surface area contributed by atoms with Gasteiger partial charge in [-0.2, -0.15) is 0 Å². The molecule has 0 unspecified atom stereocenters. The van der Waals surface area contributed by atoms with Crippen LogP contribution in [0.15, 0.2) is 18.2 Å². The quantitative estimate of drug-likeness (QED) is 0.837. The van der Waals surface area contributed by atoms with E-state index in [1.54, 1.807) is 0 Å². The molecule has 2 rings (SSSR count). The van der Waals surface area contributed by atoms with Gasteiger partial charge in [-0.25, -0.2) is 0 Å². The van der Waals surface area contributed by atoms with Crippen LogP contribution < -0.4 is 10.5 Å². The molecule has 0 radical (unpaired) electrons. The average molecular weight is 258 g/mol. The van der Waals surface area contributed by atoms with E-state index in [1.807, 2.05) is 12.1 Å². The van der Waals surface area contributed by atoms with E-state index >= 15 is 0 Å². The molecule has 1 aliphatic rings. The molecule has 3 nitrogen and oxygen atoms in total. The van der Waals surface area contributed by atoms with Crippen molar-refractivity contribution in [3.63, 3.8) is 0 Å². The van der Waals surface area contributed by atoms with Crippen molar-refractivity contribution in [3.8, 4) is 17.6 Å². The molecule has 3 heteroatoms. The molecule has 1 heterocycles. The minimum atomic E-state index is 0.376. The Morgan fingerprint density at radius 3 is 2.84 bits per heavy atom. The number of hydrogen-bond acceptors (Lipinski definition) is 3. The second kappa shape index (κ2) is 7.18. The molecule has 0 atom stereocenters. The smallest absolute Gasteiger partial charge is 0.134 e. The van der Waals surface area contributed by atoms with Crippen molar-refractivity contribution < 1.29 is 4.74 Å². The number of nitrogens with two attached hydrogens (primary N) is 1. The number of ether oxygens (including phenoxy) is 1. The molecule has 0 aromatic heterocycles. The molecule has 0 saturated carbocycles. The van der Waals surface area contributed by atoms with Gasteiger partial charge in [0.25, 0.3) is 0 Å². The van der Waals surface area contributed by atoms with Gasteiger partial charge in [-0.3, -0.25) is 4.90 Å². The molecule has 0 amide bonds. The lowest BCUT2D eigenvalue weighted by Gasteiger charge is -2.15. The molecular formula is C16H22N2O. The van der Waals surface area contributed by atoms with Crippen LogP contribution in [-0.4, -0.2) is 37.7 Å². The second-order valence-corrected chi connectivity index (χ2v) is 4.90. The summed E-state index contributed by atoms with van der Waals surface area (Å²) in [6.45, 7) is 6.56. The highest BCUT2D eigenvalue weighted by atomic mass is 16.5. The third kappa shape index (κ3) is 4.27. The maximum Gasteiger partial charge on any atom is 0.134 e. The fourth-order valence-corrected chi connectivity index (χ4v) is 2.30. The predicted molar refractivity (Wildman–Crippen MR) is 78.3 cm³/mol. The van der Waals surface area contributed by atoms with Crippen LogP contribution in [0, 0.1) is 18.8 Å². The normalized spacial score (nSPS) is 15.1. The summed E-state index contributed by atoms with van der Waals surface area (Å²) in [4.78, 5) is 2.44. The van der Waals surface area contributed by atoms with Gasteiger partial charge in [0.1, 0.15) is 12.4 Å². The molecule has 1 aromatic rings. The predicted octanol–water partition coefficient (Wildman–Crippen LogP) is 1.78. The Hall–Kier alpha value is -1.50. The lowest BCUT2D eigenvalue weighted by Crippen LogP contribution is -2.25. The molecule has 1 aliphatic heterocycles. The third-order valence-electron chi connectivity index (χ3n) is 3.32. The minimum absolute atomic E-state index is 0.376. The number of nitrogens with zero attached hydrogens (tertiary/aromatic N) is 1. The van der Waals surface area contributed by atoms with Crippen molar-refractivity contribution in [3.05, 3.63) is 29.3 Å². The van der Waals surface area contributed by atoms with Crippen LogP contribution in [0.4, 0.5) is 0 Å². The van der Waals surface area contributed by atoms with E-state index in [4.69, 9.17) is 10.5 Å². The van der Waals surface area contributed by atoms with Crippen LogP contribution >= 0.6 is 0 Å². The van der Waals surface area contributed by atoms with E-state index in [-0.39, 0.29) is 0 Å². The van der Waals surface area contributed by atoms with Crippen molar-refractivity contribution in [2.24, 2.45) is 5.73 Å². The minimum Gasteiger partial charge on any atom is -0.491 e. The molecular weight excluding hydrogens is 236 g/mol. The van der Waals surface area contributed by atoms with Gasteiger partial charge in [0.15, 0.2) is 0 Å². The van der Waals surface area contributed by atoms with E-state index in [0.717, 1.165) is 24.5 Å². The summed E-state index contributed by atoms with van der Waals surface area (Å²) in [5.41, 5.74) is 7.55. The zero-order valence-electron chi connectivity index (χ0n) is 11.6. The fraction of sp³-hybridized carbons (Fsp3) is 0.500. The first kappa shape index (κ1) is 13.9. The SMILES string of the molecule is Cc1ccc(OCCN2CCCC2)c(C#CCN)c1. The first-order valence-corrected chi connectivity index (χ1v) is 6.94.